The van der Waals surface area contributed by atoms with Crippen molar-refractivity contribution in [3.8, 4) is 0 Å². The van der Waals surface area contributed by atoms with E-state index in [2.05, 4.69) is 15.7 Å². The van der Waals surface area contributed by atoms with Crippen LogP contribution in [-0.2, 0) is 18.3 Å². The molecule has 0 radical (unpaired) electrons. The minimum Gasteiger partial charge on any atom is -0.350 e. The number of carbonyl (C=O) groups is 1. The van der Waals surface area contributed by atoms with E-state index in [-0.39, 0.29) is 11.4 Å². The normalized spacial score (nSPS) is 11.5. The first kappa shape index (κ1) is 13.7. The Kier molecular flexibility index (Phi) is 4.69. The Balaban J connectivity index is 2.14. The van der Waals surface area contributed by atoms with Gasteiger partial charge in [-0.2, -0.15) is 5.10 Å². The lowest BCUT2D eigenvalue weighted by molar-refractivity contribution is -0.121. The van der Waals surface area contributed by atoms with Crippen molar-refractivity contribution in [2.45, 2.75) is 32.7 Å². The van der Waals surface area contributed by atoms with Gasteiger partial charge in [0, 0.05) is 31.7 Å². The minimum atomic E-state index is -0.167. The maximum Gasteiger partial charge on any atom is 0.234 e. The van der Waals surface area contributed by atoms with Crippen LogP contribution < -0.4 is 10.6 Å². The molecule has 0 bridgehead atoms. The van der Waals surface area contributed by atoms with E-state index in [0.717, 1.165) is 18.7 Å². The summed E-state index contributed by atoms with van der Waals surface area (Å²) >= 11 is 0. The van der Waals surface area contributed by atoms with Crippen molar-refractivity contribution in [1.82, 2.24) is 20.4 Å². The van der Waals surface area contributed by atoms with Gasteiger partial charge in [-0.25, -0.2) is 0 Å². The second-order valence-electron chi connectivity index (χ2n) is 5.21. The molecular weight excluding hydrogens is 216 g/mol. The van der Waals surface area contributed by atoms with Gasteiger partial charge in [0.1, 0.15) is 0 Å². The van der Waals surface area contributed by atoms with Crippen molar-refractivity contribution in [3.63, 3.8) is 0 Å². The SMILES string of the molecule is Cn1ccc(CCNCC(=O)NC(C)(C)C)n1. The van der Waals surface area contributed by atoms with Crippen molar-refractivity contribution >= 4 is 5.91 Å². The Morgan fingerprint density at radius 3 is 2.71 bits per heavy atom. The van der Waals surface area contributed by atoms with Crippen molar-refractivity contribution in [1.29, 1.82) is 0 Å². The van der Waals surface area contributed by atoms with Crippen molar-refractivity contribution in [3.05, 3.63) is 18.0 Å². The monoisotopic (exact) mass is 238 g/mol. The lowest BCUT2D eigenvalue weighted by atomic mass is 10.1. The quantitative estimate of drug-likeness (QED) is 0.733. The molecule has 0 saturated carbocycles. The first-order chi connectivity index (χ1) is 7.87. The maximum absolute atomic E-state index is 11.5. The highest BCUT2D eigenvalue weighted by Crippen LogP contribution is 1.97. The van der Waals surface area contributed by atoms with Crippen molar-refractivity contribution < 1.29 is 4.79 Å². The zero-order valence-corrected chi connectivity index (χ0v) is 11.1. The number of hydrogen-bond donors (Lipinski definition) is 2. The van der Waals surface area contributed by atoms with Gasteiger partial charge < -0.3 is 10.6 Å². The molecule has 17 heavy (non-hydrogen) atoms. The minimum absolute atomic E-state index is 0.0264. The lowest BCUT2D eigenvalue weighted by Gasteiger charge is -2.20. The third-order valence-electron chi connectivity index (χ3n) is 2.13. The molecule has 0 aliphatic carbocycles. The van der Waals surface area contributed by atoms with Crippen LogP contribution in [0.2, 0.25) is 0 Å². The third-order valence-corrected chi connectivity index (χ3v) is 2.13. The third kappa shape index (κ3) is 6.06. The first-order valence-corrected chi connectivity index (χ1v) is 5.87. The molecule has 1 aromatic rings. The van der Waals surface area contributed by atoms with Crippen LogP contribution in [0.3, 0.4) is 0 Å². The number of nitrogens with zero attached hydrogens (tertiary/aromatic N) is 2. The Labute approximate surface area is 103 Å². The van der Waals surface area contributed by atoms with Gasteiger partial charge in [0.25, 0.3) is 0 Å². The summed E-state index contributed by atoms with van der Waals surface area (Å²) in [5.41, 5.74) is 0.871. The predicted molar refractivity (Wildman–Crippen MR) is 67.7 cm³/mol. The van der Waals surface area contributed by atoms with Crippen LogP contribution >= 0.6 is 0 Å². The molecule has 0 aliphatic heterocycles. The molecule has 1 heterocycles. The number of aromatic nitrogens is 2. The zero-order chi connectivity index (χ0) is 12.9. The Hall–Kier alpha value is -1.36. The second-order valence-corrected chi connectivity index (χ2v) is 5.21. The Bertz CT molecular complexity index is 365. The first-order valence-electron chi connectivity index (χ1n) is 5.87. The van der Waals surface area contributed by atoms with Gasteiger partial charge in [-0.3, -0.25) is 9.48 Å². The van der Waals surface area contributed by atoms with Crippen LogP contribution in [0.1, 0.15) is 26.5 Å². The molecule has 0 saturated heterocycles. The molecule has 96 valence electrons. The summed E-state index contributed by atoms with van der Waals surface area (Å²) in [6, 6.07) is 1.98. The van der Waals surface area contributed by atoms with Gasteiger partial charge >= 0.3 is 0 Å². The molecule has 2 N–H and O–H groups in total. The van der Waals surface area contributed by atoms with Crippen LogP contribution in [0.25, 0.3) is 0 Å². The summed E-state index contributed by atoms with van der Waals surface area (Å²) in [5, 5.41) is 10.3. The molecule has 0 unspecified atom stereocenters. The standard InChI is InChI=1S/C12H22N4O/c1-12(2,3)14-11(17)9-13-7-5-10-6-8-16(4)15-10/h6,8,13H,5,7,9H2,1-4H3,(H,14,17). The summed E-state index contributed by atoms with van der Waals surface area (Å²) in [6.07, 6.45) is 2.76. The van der Waals surface area contributed by atoms with E-state index >= 15 is 0 Å². The van der Waals surface area contributed by atoms with Gasteiger partial charge in [-0.1, -0.05) is 0 Å². The molecule has 0 aliphatic rings. The van der Waals surface area contributed by atoms with Gasteiger partial charge in [-0.05, 0) is 26.8 Å². The number of aryl methyl sites for hydroxylation is 1. The number of amides is 1. The summed E-state index contributed by atoms with van der Waals surface area (Å²) in [7, 11) is 1.90. The molecule has 0 spiro atoms. The van der Waals surface area contributed by atoms with Crippen LogP contribution in [0, 0.1) is 0 Å². The molecule has 5 nitrogen and oxygen atoms in total. The number of nitrogens with one attached hydrogen (secondary N) is 2. The maximum atomic E-state index is 11.5. The molecule has 0 aromatic carbocycles. The van der Waals surface area contributed by atoms with E-state index in [1.54, 1.807) is 4.68 Å². The summed E-state index contributed by atoms with van der Waals surface area (Å²) < 4.78 is 1.78. The number of carbonyl (C=O) groups excluding carboxylic acids is 1. The summed E-state index contributed by atoms with van der Waals surface area (Å²) in [5.74, 6) is 0.0264. The highest BCUT2D eigenvalue weighted by molar-refractivity contribution is 5.78. The smallest absolute Gasteiger partial charge is 0.234 e. The van der Waals surface area contributed by atoms with Crippen LogP contribution in [0.5, 0.6) is 0 Å². The van der Waals surface area contributed by atoms with Gasteiger partial charge in [0.15, 0.2) is 0 Å². The molecule has 5 heteroatoms. The molecule has 0 fully saturated rings. The van der Waals surface area contributed by atoms with Gasteiger partial charge in [0.05, 0.1) is 12.2 Å². The van der Waals surface area contributed by atoms with E-state index in [0.29, 0.717) is 6.54 Å². The van der Waals surface area contributed by atoms with Crippen molar-refractivity contribution in [2.75, 3.05) is 13.1 Å². The summed E-state index contributed by atoms with van der Waals surface area (Å²) in [6.45, 7) is 7.02. The van der Waals surface area contributed by atoms with Crippen LogP contribution in [0.15, 0.2) is 12.3 Å². The lowest BCUT2D eigenvalue weighted by Crippen LogP contribution is -2.45. The highest BCUT2D eigenvalue weighted by atomic mass is 16.2. The van der Waals surface area contributed by atoms with Gasteiger partial charge in [0.2, 0.25) is 5.91 Å². The molecule has 1 aromatic heterocycles. The summed E-state index contributed by atoms with van der Waals surface area (Å²) in [4.78, 5) is 11.5. The zero-order valence-electron chi connectivity index (χ0n) is 11.1. The molecule has 1 rings (SSSR count). The molecule has 1 amide bonds. The van der Waals surface area contributed by atoms with E-state index in [4.69, 9.17) is 0 Å². The number of rotatable bonds is 5. The fourth-order valence-electron chi connectivity index (χ4n) is 1.48. The van der Waals surface area contributed by atoms with E-state index in [1.807, 2.05) is 40.1 Å². The second kappa shape index (κ2) is 5.82. The van der Waals surface area contributed by atoms with Crippen LogP contribution in [-0.4, -0.2) is 34.3 Å². The fraction of sp³-hybridized carbons (Fsp3) is 0.667. The number of hydrogen-bond acceptors (Lipinski definition) is 3. The van der Waals surface area contributed by atoms with E-state index < -0.39 is 0 Å². The molecular formula is C12H22N4O. The van der Waals surface area contributed by atoms with E-state index in [9.17, 15) is 4.79 Å². The van der Waals surface area contributed by atoms with Gasteiger partial charge in [-0.15, -0.1) is 0 Å². The Morgan fingerprint density at radius 1 is 1.47 bits per heavy atom. The topological polar surface area (TPSA) is 59.0 Å². The molecule has 0 atom stereocenters. The van der Waals surface area contributed by atoms with Crippen molar-refractivity contribution in [2.24, 2.45) is 7.05 Å². The average molecular weight is 238 g/mol. The highest BCUT2D eigenvalue weighted by Gasteiger charge is 2.12. The van der Waals surface area contributed by atoms with E-state index in [1.165, 1.54) is 0 Å². The Morgan fingerprint density at radius 2 is 2.18 bits per heavy atom. The largest absolute Gasteiger partial charge is 0.350 e. The van der Waals surface area contributed by atoms with Crippen LogP contribution in [0.4, 0.5) is 0 Å². The fourth-order valence-corrected chi connectivity index (χ4v) is 1.48. The average Bonchev–Trinajstić information content (AvgIpc) is 2.56. The predicted octanol–water partition coefficient (Wildman–Crippen LogP) is 0.467.